The van der Waals surface area contributed by atoms with Crippen LogP contribution < -0.4 is 21.1 Å². The first-order valence-electron chi connectivity index (χ1n) is 16.5. The number of rotatable bonds is 7. The third-order valence-electron chi connectivity index (χ3n) is 11.1. The highest BCUT2D eigenvalue weighted by Gasteiger charge is 2.49. The molecule has 2 aromatic heterocycles. The van der Waals surface area contributed by atoms with Gasteiger partial charge in [0.1, 0.15) is 29.5 Å². The Bertz CT molecular complexity index is 1700. The minimum Gasteiger partial charge on any atom is -0.463 e. The maximum Gasteiger partial charge on any atom is 0.318 e. The predicted octanol–water partition coefficient (Wildman–Crippen LogP) is 5.32. The number of pyridine rings is 1. The molecule has 46 heavy (non-hydrogen) atoms. The number of nitrogens with two attached hydrogens (primary N) is 2. The van der Waals surface area contributed by atoms with Gasteiger partial charge in [0, 0.05) is 60.5 Å². The number of hydrogen-bond donors (Lipinski definition) is 2. The highest BCUT2D eigenvalue weighted by atomic mass is 19.1. The standard InChI is InChI=1S/C35H43FN8O2/c1-21-9-11-35(30-24(21)7-8-28(38)26(30)18-37)17-29-27(20-46-35)32(43(3)22(2)25-6-4-13-40-31(25)39)42-33(41-29)45-15-12-34-10-5-14-44(34)19-23(36)16-34/h4,6-8,13,21-23H,5,9-12,14-17,19-20,38H2,1-3H3,(H2,39,40)/t21-,22+,23+,34?,35-/m0/s1. The number of hydrogen-bond acceptors (Lipinski definition) is 10. The summed E-state index contributed by atoms with van der Waals surface area (Å²) in [5.74, 6) is 1.45. The molecule has 0 bridgehead atoms. The molecule has 1 unspecified atom stereocenters. The van der Waals surface area contributed by atoms with E-state index in [1.807, 2.05) is 31.3 Å². The molecule has 7 rings (SSSR count). The lowest BCUT2D eigenvalue weighted by Crippen LogP contribution is -2.42. The van der Waals surface area contributed by atoms with E-state index >= 15 is 0 Å². The van der Waals surface area contributed by atoms with E-state index in [9.17, 15) is 9.65 Å². The van der Waals surface area contributed by atoms with Crippen LogP contribution in [0, 0.1) is 11.3 Å². The molecule has 10 nitrogen and oxygen atoms in total. The zero-order chi connectivity index (χ0) is 32.2. The number of nitriles is 1. The van der Waals surface area contributed by atoms with Gasteiger partial charge >= 0.3 is 6.01 Å². The SMILES string of the molecule is C[C@H](c1cccnc1N)N(C)c1nc(OCCC23CCCN2C[C@H](F)C3)nc2c1CO[C@@]1(CC[C@H](C)c3ccc(N)c(C#N)c31)C2. The number of halogens is 1. The minimum atomic E-state index is -0.786. The number of aromatic nitrogens is 3. The van der Waals surface area contributed by atoms with Crippen LogP contribution in [0.5, 0.6) is 6.01 Å². The van der Waals surface area contributed by atoms with Crippen molar-refractivity contribution in [2.75, 3.05) is 43.1 Å². The number of nitrogen functional groups attached to an aromatic ring is 2. The summed E-state index contributed by atoms with van der Waals surface area (Å²) in [5, 5.41) is 10.2. The Kier molecular flexibility index (Phi) is 7.76. The molecule has 2 saturated heterocycles. The van der Waals surface area contributed by atoms with Gasteiger partial charge in [-0.25, -0.2) is 9.37 Å². The van der Waals surface area contributed by atoms with E-state index in [-0.39, 0.29) is 30.1 Å². The van der Waals surface area contributed by atoms with Gasteiger partial charge in [0.05, 0.1) is 30.5 Å². The van der Waals surface area contributed by atoms with Crippen molar-refractivity contribution in [1.29, 1.82) is 5.26 Å². The zero-order valence-electron chi connectivity index (χ0n) is 26.9. The minimum absolute atomic E-state index is 0.145. The lowest BCUT2D eigenvalue weighted by atomic mass is 9.69. The van der Waals surface area contributed by atoms with Crippen LogP contribution in [0.4, 0.5) is 21.7 Å². The normalized spacial score (nSPS) is 27.5. The molecule has 5 atom stereocenters. The van der Waals surface area contributed by atoms with E-state index in [4.69, 9.17) is 30.9 Å². The molecule has 4 N–H and O–H groups in total. The molecular weight excluding hydrogens is 583 g/mol. The van der Waals surface area contributed by atoms with Gasteiger partial charge < -0.3 is 25.8 Å². The summed E-state index contributed by atoms with van der Waals surface area (Å²) in [6.07, 6.45) is 6.39. The van der Waals surface area contributed by atoms with Crippen molar-refractivity contribution < 1.29 is 13.9 Å². The van der Waals surface area contributed by atoms with Crippen molar-refractivity contribution >= 4 is 17.3 Å². The zero-order valence-corrected chi connectivity index (χ0v) is 26.9. The number of alkyl halides is 1. The lowest BCUT2D eigenvalue weighted by molar-refractivity contribution is -0.0873. The maximum atomic E-state index is 14.4. The van der Waals surface area contributed by atoms with Crippen LogP contribution in [0.15, 0.2) is 30.5 Å². The second-order valence-electron chi connectivity index (χ2n) is 13.7. The molecule has 0 saturated carbocycles. The fourth-order valence-electron chi connectivity index (χ4n) is 8.50. The number of nitrogens with zero attached hydrogens (tertiary/aromatic N) is 6. The molecule has 5 heterocycles. The summed E-state index contributed by atoms with van der Waals surface area (Å²) in [7, 11) is 1.98. The number of benzene rings is 1. The molecule has 242 valence electrons. The lowest BCUT2D eigenvalue weighted by Gasteiger charge is -2.45. The van der Waals surface area contributed by atoms with Gasteiger partial charge in [0.15, 0.2) is 0 Å². The maximum absolute atomic E-state index is 14.4. The van der Waals surface area contributed by atoms with Gasteiger partial charge in [-0.15, -0.1) is 0 Å². The number of ether oxygens (including phenoxy) is 2. The summed E-state index contributed by atoms with van der Waals surface area (Å²) in [6, 6.07) is 10.2. The molecule has 4 aliphatic rings. The Hall–Kier alpha value is -4.01. The van der Waals surface area contributed by atoms with Gasteiger partial charge in [0.2, 0.25) is 0 Å². The third kappa shape index (κ3) is 5.03. The van der Waals surface area contributed by atoms with E-state index in [1.54, 1.807) is 6.20 Å². The first-order chi connectivity index (χ1) is 22.1. The van der Waals surface area contributed by atoms with E-state index in [2.05, 4.69) is 34.7 Å². The van der Waals surface area contributed by atoms with E-state index in [0.717, 1.165) is 66.6 Å². The summed E-state index contributed by atoms with van der Waals surface area (Å²) >= 11 is 0. The Balaban J connectivity index is 1.26. The quantitative estimate of drug-likeness (QED) is 0.332. The first-order valence-corrected chi connectivity index (χ1v) is 16.5. The molecule has 0 amide bonds. The van der Waals surface area contributed by atoms with Gasteiger partial charge in [-0.05, 0) is 69.2 Å². The summed E-state index contributed by atoms with van der Waals surface area (Å²) in [4.78, 5) is 18.6. The highest BCUT2D eigenvalue weighted by molar-refractivity contribution is 5.64. The van der Waals surface area contributed by atoms with Crippen molar-refractivity contribution in [1.82, 2.24) is 19.9 Å². The summed E-state index contributed by atoms with van der Waals surface area (Å²) < 4.78 is 27.6. The smallest absolute Gasteiger partial charge is 0.318 e. The first kappa shape index (κ1) is 30.6. The summed E-state index contributed by atoms with van der Waals surface area (Å²) in [6.45, 7) is 6.37. The van der Waals surface area contributed by atoms with Crippen molar-refractivity contribution in [3.8, 4) is 12.1 Å². The Morgan fingerprint density at radius 3 is 2.91 bits per heavy atom. The second kappa shape index (κ2) is 11.7. The number of fused-ring (bicyclic) bond motifs is 4. The molecule has 1 aromatic carbocycles. The topological polar surface area (TPSA) is 139 Å². The molecule has 11 heteroatoms. The third-order valence-corrected chi connectivity index (χ3v) is 11.1. The van der Waals surface area contributed by atoms with E-state index in [1.165, 1.54) is 0 Å². The van der Waals surface area contributed by atoms with E-state index in [0.29, 0.717) is 48.9 Å². The Morgan fingerprint density at radius 1 is 1.26 bits per heavy atom. The molecule has 0 radical (unpaired) electrons. The average molecular weight is 627 g/mol. The monoisotopic (exact) mass is 626 g/mol. The van der Waals surface area contributed by atoms with Crippen LogP contribution in [0.3, 0.4) is 0 Å². The Labute approximate surface area is 269 Å². The van der Waals surface area contributed by atoms with Crippen molar-refractivity contribution in [2.24, 2.45) is 0 Å². The molecule has 1 spiro atoms. The molecule has 2 fully saturated rings. The number of anilines is 3. The second-order valence-corrected chi connectivity index (χ2v) is 13.7. The van der Waals surface area contributed by atoms with Crippen LogP contribution in [0.1, 0.15) is 97.8 Å². The van der Waals surface area contributed by atoms with Gasteiger partial charge in [0.25, 0.3) is 0 Å². The highest BCUT2D eigenvalue weighted by Crippen LogP contribution is 2.51. The largest absolute Gasteiger partial charge is 0.463 e. The van der Waals surface area contributed by atoms with Crippen LogP contribution in [-0.4, -0.2) is 58.3 Å². The van der Waals surface area contributed by atoms with Gasteiger partial charge in [-0.3, -0.25) is 4.90 Å². The van der Waals surface area contributed by atoms with Crippen LogP contribution in [-0.2, 0) is 23.4 Å². The van der Waals surface area contributed by atoms with Gasteiger partial charge in [-0.1, -0.05) is 19.1 Å². The molecule has 1 aliphatic carbocycles. The Morgan fingerprint density at radius 2 is 2.11 bits per heavy atom. The average Bonchev–Trinajstić information content (AvgIpc) is 3.57. The van der Waals surface area contributed by atoms with Crippen LogP contribution >= 0.6 is 0 Å². The molecule has 3 aromatic rings. The molecular formula is C35H43FN8O2. The van der Waals surface area contributed by atoms with Crippen LogP contribution in [0.25, 0.3) is 0 Å². The predicted molar refractivity (Wildman–Crippen MR) is 174 cm³/mol. The molecule has 3 aliphatic heterocycles. The fraction of sp³-hybridized carbons (Fsp3) is 0.543. The van der Waals surface area contributed by atoms with Crippen LogP contribution in [0.2, 0.25) is 0 Å². The fourth-order valence-corrected chi connectivity index (χ4v) is 8.50. The van der Waals surface area contributed by atoms with Crippen molar-refractivity contribution in [3.05, 3.63) is 64.0 Å². The van der Waals surface area contributed by atoms with E-state index < -0.39 is 11.8 Å². The summed E-state index contributed by atoms with van der Waals surface area (Å²) in [5.41, 5.74) is 17.3. The van der Waals surface area contributed by atoms with Crippen molar-refractivity contribution in [2.45, 2.75) is 94.7 Å². The van der Waals surface area contributed by atoms with Gasteiger partial charge in [-0.2, -0.15) is 15.2 Å². The van der Waals surface area contributed by atoms with Crippen molar-refractivity contribution in [3.63, 3.8) is 0 Å².